The van der Waals surface area contributed by atoms with Crippen molar-refractivity contribution in [2.45, 2.75) is 31.2 Å². The van der Waals surface area contributed by atoms with Gasteiger partial charge in [-0.2, -0.15) is 0 Å². The van der Waals surface area contributed by atoms with Crippen molar-refractivity contribution in [2.75, 3.05) is 7.05 Å². The predicted octanol–water partition coefficient (Wildman–Crippen LogP) is 5.68. The fourth-order valence-electron chi connectivity index (χ4n) is 2.94. The van der Waals surface area contributed by atoms with Gasteiger partial charge in [0.15, 0.2) is 0 Å². The van der Waals surface area contributed by atoms with Crippen LogP contribution in [0.4, 0.5) is 0 Å². The van der Waals surface area contributed by atoms with Gasteiger partial charge in [0.2, 0.25) is 0 Å². The molecule has 1 aliphatic rings. The third kappa shape index (κ3) is 3.18. The molecule has 2 aromatic carbocycles. The first-order chi connectivity index (χ1) is 10.2. The summed E-state index contributed by atoms with van der Waals surface area (Å²) in [6, 6.07) is 15.2. The van der Waals surface area contributed by atoms with E-state index in [-0.39, 0.29) is 6.04 Å². The lowest BCUT2D eigenvalue weighted by atomic mass is 9.79. The number of hydrogen-bond acceptors (Lipinski definition) is 1. The molecule has 0 radical (unpaired) electrons. The second-order valence-corrected chi connectivity index (χ2v) is 7.00. The van der Waals surface area contributed by atoms with Crippen molar-refractivity contribution in [3.05, 3.63) is 68.7 Å². The van der Waals surface area contributed by atoms with E-state index in [0.717, 1.165) is 21.0 Å². The van der Waals surface area contributed by atoms with Crippen LogP contribution in [0.15, 0.2) is 46.9 Å². The molecule has 1 atom stereocenters. The molecule has 1 unspecified atom stereocenters. The summed E-state index contributed by atoms with van der Waals surface area (Å²) in [5.41, 5.74) is 3.84. The lowest BCUT2D eigenvalue weighted by molar-refractivity contribution is 0.419. The lowest BCUT2D eigenvalue weighted by Gasteiger charge is -2.26. The lowest BCUT2D eigenvalue weighted by Crippen LogP contribution is -2.18. The van der Waals surface area contributed by atoms with Crippen LogP contribution in [0.2, 0.25) is 5.02 Å². The molecule has 1 fully saturated rings. The average Bonchev–Trinajstić information content (AvgIpc) is 2.42. The Morgan fingerprint density at radius 2 is 1.86 bits per heavy atom. The van der Waals surface area contributed by atoms with Gasteiger partial charge in [0.25, 0.3) is 0 Å². The molecule has 110 valence electrons. The summed E-state index contributed by atoms with van der Waals surface area (Å²) >= 11 is 9.85. The summed E-state index contributed by atoms with van der Waals surface area (Å²) in [5, 5.41) is 4.16. The van der Waals surface area contributed by atoms with Gasteiger partial charge in [0.1, 0.15) is 0 Å². The van der Waals surface area contributed by atoms with E-state index >= 15 is 0 Å². The van der Waals surface area contributed by atoms with Gasteiger partial charge in [0.05, 0.1) is 6.04 Å². The van der Waals surface area contributed by atoms with Crippen molar-refractivity contribution >= 4 is 27.5 Å². The van der Waals surface area contributed by atoms with Crippen LogP contribution in [0.25, 0.3) is 0 Å². The first-order valence-corrected chi connectivity index (χ1v) is 8.58. The van der Waals surface area contributed by atoms with Gasteiger partial charge in [-0.1, -0.05) is 64.3 Å². The van der Waals surface area contributed by atoms with E-state index in [4.69, 9.17) is 11.6 Å². The Morgan fingerprint density at radius 1 is 1.14 bits per heavy atom. The molecule has 0 spiro atoms. The van der Waals surface area contributed by atoms with Crippen molar-refractivity contribution in [3.63, 3.8) is 0 Å². The maximum Gasteiger partial charge on any atom is 0.0589 e. The van der Waals surface area contributed by atoms with Crippen molar-refractivity contribution in [3.8, 4) is 0 Å². The number of benzene rings is 2. The molecule has 0 aromatic heterocycles. The van der Waals surface area contributed by atoms with E-state index in [0.29, 0.717) is 0 Å². The van der Waals surface area contributed by atoms with E-state index in [1.807, 2.05) is 19.2 Å². The van der Waals surface area contributed by atoms with Crippen molar-refractivity contribution in [1.82, 2.24) is 5.32 Å². The summed E-state index contributed by atoms with van der Waals surface area (Å²) in [5.74, 6) is 0.781. The third-order valence-corrected chi connectivity index (χ3v) is 5.23. The Morgan fingerprint density at radius 3 is 2.38 bits per heavy atom. The Balaban J connectivity index is 1.88. The highest BCUT2D eigenvalue weighted by Crippen LogP contribution is 2.37. The van der Waals surface area contributed by atoms with Crippen molar-refractivity contribution < 1.29 is 0 Å². The molecular formula is C18H19BrClN. The largest absolute Gasteiger partial charge is 0.309 e. The molecule has 0 aliphatic heterocycles. The van der Waals surface area contributed by atoms with E-state index in [9.17, 15) is 0 Å². The number of nitrogens with one attached hydrogen (secondary N) is 1. The van der Waals surface area contributed by atoms with Gasteiger partial charge in [-0.25, -0.2) is 0 Å². The standard InChI is InChI=1S/C18H19BrClN/c1-21-18(16-10-9-15(19)11-17(16)20)14-7-5-13(6-8-14)12-3-2-4-12/h5-12,18,21H,2-4H2,1H3. The minimum atomic E-state index is 0.126. The molecular weight excluding hydrogens is 346 g/mol. The minimum absolute atomic E-state index is 0.126. The third-order valence-electron chi connectivity index (χ3n) is 4.41. The predicted molar refractivity (Wildman–Crippen MR) is 93.1 cm³/mol. The zero-order chi connectivity index (χ0) is 14.8. The molecule has 3 rings (SSSR count). The average molecular weight is 365 g/mol. The highest BCUT2D eigenvalue weighted by Gasteiger charge is 2.20. The highest BCUT2D eigenvalue weighted by molar-refractivity contribution is 9.10. The summed E-state index contributed by atoms with van der Waals surface area (Å²) < 4.78 is 1.01. The molecule has 1 nitrogen and oxygen atoms in total. The van der Waals surface area contributed by atoms with Gasteiger partial charge in [-0.15, -0.1) is 0 Å². The molecule has 0 heterocycles. The van der Waals surface area contributed by atoms with Crippen molar-refractivity contribution in [2.24, 2.45) is 0 Å². The minimum Gasteiger partial charge on any atom is -0.309 e. The van der Waals surface area contributed by atoms with Crippen LogP contribution in [0, 0.1) is 0 Å². The van der Waals surface area contributed by atoms with Gasteiger partial charge >= 0.3 is 0 Å². The Kier molecular flexibility index (Phi) is 4.68. The van der Waals surface area contributed by atoms with Gasteiger partial charge in [-0.05, 0) is 54.6 Å². The Labute approximate surface area is 139 Å². The maximum atomic E-state index is 6.40. The highest BCUT2D eigenvalue weighted by atomic mass is 79.9. The van der Waals surface area contributed by atoms with Gasteiger partial charge in [-0.3, -0.25) is 0 Å². The molecule has 1 saturated carbocycles. The van der Waals surface area contributed by atoms with Crippen LogP contribution in [0.1, 0.15) is 47.9 Å². The normalized spacial score (nSPS) is 16.5. The fraction of sp³-hybridized carbons (Fsp3) is 0.333. The molecule has 1 aliphatic carbocycles. The number of halogens is 2. The summed E-state index contributed by atoms with van der Waals surface area (Å²) in [4.78, 5) is 0. The first kappa shape index (κ1) is 15.1. The molecule has 21 heavy (non-hydrogen) atoms. The van der Waals surface area contributed by atoms with Crippen LogP contribution in [-0.4, -0.2) is 7.05 Å². The van der Waals surface area contributed by atoms with E-state index in [1.165, 1.54) is 30.4 Å². The van der Waals surface area contributed by atoms with E-state index in [2.05, 4.69) is 51.6 Å². The zero-order valence-corrected chi connectivity index (χ0v) is 14.4. The fourth-order valence-corrected chi connectivity index (χ4v) is 3.72. The van der Waals surface area contributed by atoms with Crippen LogP contribution >= 0.6 is 27.5 Å². The smallest absolute Gasteiger partial charge is 0.0589 e. The SMILES string of the molecule is CNC(c1ccc(C2CCC2)cc1)c1ccc(Br)cc1Cl. The van der Waals surface area contributed by atoms with Gasteiger partial charge in [0, 0.05) is 9.50 Å². The number of hydrogen-bond donors (Lipinski definition) is 1. The molecule has 3 heteroatoms. The topological polar surface area (TPSA) is 12.0 Å². The summed E-state index contributed by atoms with van der Waals surface area (Å²) in [6.45, 7) is 0. The number of rotatable bonds is 4. The second-order valence-electron chi connectivity index (χ2n) is 5.68. The Hall–Kier alpha value is -0.830. The monoisotopic (exact) mass is 363 g/mol. The van der Waals surface area contributed by atoms with E-state index < -0.39 is 0 Å². The molecule has 0 bridgehead atoms. The molecule has 2 aromatic rings. The van der Waals surface area contributed by atoms with Gasteiger partial charge < -0.3 is 5.32 Å². The molecule has 1 N–H and O–H groups in total. The van der Waals surface area contributed by atoms with Crippen LogP contribution in [0.3, 0.4) is 0 Å². The van der Waals surface area contributed by atoms with Crippen LogP contribution in [0.5, 0.6) is 0 Å². The Bertz CT molecular complexity index is 620. The summed E-state index contributed by atoms with van der Waals surface area (Å²) in [7, 11) is 1.98. The van der Waals surface area contributed by atoms with Crippen molar-refractivity contribution in [1.29, 1.82) is 0 Å². The first-order valence-electron chi connectivity index (χ1n) is 7.41. The molecule has 0 amide bonds. The van der Waals surface area contributed by atoms with Crippen LogP contribution in [-0.2, 0) is 0 Å². The quantitative estimate of drug-likeness (QED) is 0.736. The molecule has 0 saturated heterocycles. The zero-order valence-electron chi connectivity index (χ0n) is 12.1. The van der Waals surface area contributed by atoms with E-state index in [1.54, 1.807) is 0 Å². The maximum absolute atomic E-state index is 6.40. The second kappa shape index (κ2) is 6.51. The van der Waals surface area contributed by atoms with Crippen LogP contribution < -0.4 is 5.32 Å². The summed E-state index contributed by atoms with van der Waals surface area (Å²) in [6.07, 6.45) is 4.06.